The Bertz CT molecular complexity index is 550. The standard InChI is InChI=1S/C13H16ClN3O3/c1-7-2-9(13(19)20)6-17(5-7)12-10(14)3-8(4-16-12)11(15)18/h3-4,7,9H,2,5-6H2,1H3,(H2,15,18)(H,19,20). The van der Waals surface area contributed by atoms with Gasteiger partial charge in [0.05, 0.1) is 16.5 Å². The van der Waals surface area contributed by atoms with E-state index in [2.05, 4.69) is 4.98 Å². The number of primary amides is 1. The molecule has 0 aromatic carbocycles. The van der Waals surface area contributed by atoms with E-state index in [1.165, 1.54) is 12.3 Å². The van der Waals surface area contributed by atoms with Crippen LogP contribution in [0.15, 0.2) is 12.3 Å². The number of hydrogen-bond acceptors (Lipinski definition) is 4. The van der Waals surface area contributed by atoms with Gasteiger partial charge in [-0.1, -0.05) is 18.5 Å². The predicted octanol–water partition coefficient (Wildman–Crippen LogP) is 1.38. The van der Waals surface area contributed by atoms with E-state index in [1.807, 2.05) is 11.8 Å². The van der Waals surface area contributed by atoms with Crippen LogP contribution in [0.4, 0.5) is 5.82 Å². The maximum absolute atomic E-state index is 11.2. The van der Waals surface area contributed by atoms with Crippen molar-refractivity contribution < 1.29 is 14.7 Å². The van der Waals surface area contributed by atoms with Crippen molar-refractivity contribution >= 4 is 29.3 Å². The zero-order valence-corrected chi connectivity index (χ0v) is 11.8. The molecule has 0 radical (unpaired) electrons. The Morgan fingerprint density at radius 1 is 1.50 bits per heavy atom. The lowest BCUT2D eigenvalue weighted by atomic mass is 9.90. The Kier molecular flexibility index (Phi) is 4.13. The lowest BCUT2D eigenvalue weighted by Crippen LogP contribution is -2.43. The van der Waals surface area contributed by atoms with Crippen LogP contribution in [-0.2, 0) is 4.79 Å². The van der Waals surface area contributed by atoms with Crippen molar-refractivity contribution in [3.8, 4) is 0 Å². The van der Waals surface area contributed by atoms with Crippen molar-refractivity contribution in [2.75, 3.05) is 18.0 Å². The minimum Gasteiger partial charge on any atom is -0.481 e. The zero-order valence-electron chi connectivity index (χ0n) is 11.0. The van der Waals surface area contributed by atoms with Gasteiger partial charge in [-0.3, -0.25) is 9.59 Å². The van der Waals surface area contributed by atoms with Gasteiger partial charge in [0, 0.05) is 19.3 Å². The molecule has 1 fully saturated rings. The molecule has 2 heterocycles. The van der Waals surface area contributed by atoms with E-state index in [9.17, 15) is 9.59 Å². The van der Waals surface area contributed by atoms with Crippen molar-refractivity contribution in [3.63, 3.8) is 0 Å². The maximum Gasteiger partial charge on any atom is 0.308 e. The number of carbonyl (C=O) groups is 2. The number of nitrogens with two attached hydrogens (primary N) is 1. The number of carboxylic acid groups (broad SMARTS) is 1. The van der Waals surface area contributed by atoms with Crippen molar-refractivity contribution in [1.82, 2.24) is 4.98 Å². The number of hydrogen-bond donors (Lipinski definition) is 2. The molecule has 108 valence electrons. The van der Waals surface area contributed by atoms with E-state index in [4.69, 9.17) is 22.4 Å². The summed E-state index contributed by atoms with van der Waals surface area (Å²) in [6.45, 7) is 3.04. The predicted molar refractivity (Wildman–Crippen MR) is 74.9 cm³/mol. The highest BCUT2D eigenvalue weighted by atomic mass is 35.5. The summed E-state index contributed by atoms with van der Waals surface area (Å²) in [4.78, 5) is 28.2. The second kappa shape index (κ2) is 5.66. The second-order valence-corrected chi connectivity index (χ2v) is 5.58. The quantitative estimate of drug-likeness (QED) is 0.878. The summed E-state index contributed by atoms with van der Waals surface area (Å²) >= 11 is 6.12. The molecule has 3 N–H and O–H groups in total. The van der Waals surface area contributed by atoms with Crippen LogP contribution in [0.1, 0.15) is 23.7 Å². The van der Waals surface area contributed by atoms with E-state index in [0.29, 0.717) is 30.4 Å². The summed E-state index contributed by atoms with van der Waals surface area (Å²) in [6.07, 6.45) is 2.00. The minimum absolute atomic E-state index is 0.235. The molecule has 1 saturated heterocycles. The van der Waals surface area contributed by atoms with E-state index in [-0.39, 0.29) is 11.5 Å². The Balaban J connectivity index is 2.26. The molecule has 1 amide bonds. The SMILES string of the molecule is CC1CC(C(=O)O)CN(c2ncc(C(N)=O)cc2Cl)C1. The monoisotopic (exact) mass is 297 g/mol. The van der Waals surface area contributed by atoms with E-state index in [1.54, 1.807) is 0 Å². The first-order chi connectivity index (χ1) is 9.38. The Morgan fingerprint density at radius 3 is 2.75 bits per heavy atom. The van der Waals surface area contributed by atoms with Gasteiger partial charge in [-0.2, -0.15) is 0 Å². The van der Waals surface area contributed by atoms with Crippen LogP contribution in [0.2, 0.25) is 5.02 Å². The number of nitrogens with zero attached hydrogens (tertiary/aromatic N) is 2. The number of aliphatic carboxylic acids is 1. The lowest BCUT2D eigenvalue weighted by molar-refractivity contribution is -0.142. The van der Waals surface area contributed by atoms with Gasteiger partial charge in [-0.05, 0) is 18.4 Å². The first kappa shape index (κ1) is 14.6. The first-order valence-electron chi connectivity index (χ1n) is 6.31. The Labute approximate surface area is 121 Å². The highest BCUT2D eigenvalue weighted by Crippen LogP contribution is 2.30. The molecule has 0 saturated carbocycles. The summed E-state index contributed by atoms with van der Waals surface area (Å²) in [5.74, 6) is -1.12. The number of aromatic nitrogens is 1. The van der Waals surface area contributed by atoms with Crippen LogP contribution in [0.25, 0.3) is 0 Å². The second-order valence-electron chi connectivity index (χ2n) is 5.17. The first-order valence-corrected chi connectivity index (χ1v) is 6.69. The molecule has 1 aliphatic rings. The van der Waals surface area contributed by atoms with Crippen LogP contribution in [0.5, 0.6) is 0 Å². The van der Waals surface area contributed by atoms with E-state index < -0.39 is 17.8 Å². The number of halogens is 1. The van der Waals surface area contributed by atoms with Gasteiger partial charge >= 0.3 is 5.97 Å². The minimum atomic E-state index is -0.813. The van der Waals surface area contributed by atoms with E-state index >= 15 is 0 Å². The van der Waals surface area contributed by atoms with Crippen molar-refractivity contribution in [1.29, 1.82) is 0 Å². The molecule has 0 spiro atoms. The molecular weight excluding hydrogens is 282 g/mol. The molecule has 1 aromatic rings. The summed E-state index contributed by atoms with van der Waals surface area (Å²) in [5, 5.41) is 9.47. The van der Waals surface area contributed by atoms with Crippen molar-refractivity contribution in [2.24, 2.45) is 17.6 Å². The van der Waals surface area contributed by atoms with Gasteiger partial charge in [0.15, 0.2) is 0 Å². The summed E-state index contributed by atoms with van der Waals surface area (Å²) < 4.78 is 0. The fourth-order valence-corrected chi connectivity index (χ4v) is 2.79. The fraction of sp³-hybridized carbons (Fsp3) is 0.462. The number of rotatable bonds is 3. The van der Waals surface area contributed by atoms with Crippen LogP contribution >= 0.6 is 11.6 Å². The molecule has 1 aromatic heterocycles. The molecule has 2 unspecified atom stereocenters. The Morgan fingerprint density at radius 2 is 2.20 bits per heavy atom. The number of carboxylic acids is 1. The molecule has 0 aliphatic carbocycles. The van der Waals surface area contributed by atoms with Crippen molar-refractivity contribution in [3.05, 3.63) is 22.8 Å². The molecule has 6 nitrogen and oxygen atoms in total. The van der Waals surface area contributed by atoms with Gasteiger partial charge < -0.3 is 15.7 Å². The number of piperidine rings is 1. The normalized spacial score (nSPS) is 22.6. The molecule has 7 heteroatoms. The zero-order chi connectivity index (χ0) is 14.9. The van der Waals surface area contributed by atoms with Gasteiger partial charge in [-0.25, -0.2) is 4.98 Å². The average molecular weight is 298 g/mol. The van der Waals surface area contributed by atoms with Crippen LogP contribution in [0.3, 0.4) is 0 Å². The van der Waals surface area contributed by atoms with E-state index in [0.717, 1.165) is 0 Å². The summed E-state index contributed by atoms with van der Waals surface area (Å²) in [6, 6.07) is 1.46. The third-order valence-corrected chi connectivity index (χ3v) is 3.69. The maximum atomic E-state index is 11.2. The fourth-order valence-electron chi connectivity index (χ4n) is 2.50. The number of pyridine rings is 1. The summed E-state index contributed by atoms with van der Waals surface area (Å²) in [7, 11) is 0. The third-order valence-electron chi connectivity index (χ3n) is 3.41. The van der Waals surface area contributed by atoms with Crippen LogP contribution in [-0.4, -0.2) is 35.1 Å². The number of carbonyl (C=O) groups excluding carboxylic acids is 1. The number of anilines is 1. The smallest absolute Gasteiger partial charge is 0.308 e. The third kappa shape index (κ3) is 3.01. The molecule has 20 heavy (non-hydrogen) atoms. The van der Waals surface area contributed by atoms with Gasteiger partial charge in [-0.15, -0.1) is 0 Å². The summed E-state index contributed by atoms with van der Waals surface area (Å²) in [5.41, 5.74) is 5.40. The highest BCUT2D eigenvalue weighted by molar-refractivity contribution is 6.33. The molecular formula is C13H16ClN3O3. The molecule has 1 aliphatic heterocycles. The van der Waals surface area contributed by atoms with Crippen LogP contribution < -0.4 is 10.6 Å². The molecule has 2 rings (SSSR count). The van der Waals surface area contributed by atoms with Gasteiger partial charge in [0.25, 0.3) is 0 Å². The largest absolute Gasteiger partial charge is 0.481 e. The molecule has 2 atom stereocenters. The number of amides is 1. The van der Waals surface area contributed by atoms with Crippen molar-refractivity contribution in [2.45, 2.75) is 13.3 Å². The van der Waals surface area contributed by atoms with Crippen LogP contribution in [0, 0.1) is 11.8 Å². The average Bonchev–Trinajstić information content (AvgIpc) is 2.37. The van der Waals surface area contributed by atoms with Gasteiger partial charge in [0.1, 0.15) is 5.82 Å². The van der Waals surface area contributed by atoms with Gasteiger partial charge in [0.2, 0.25) is 5.91 Å². The highest BCUT2D eigenvalue weighted by Gasteiger charge is 2.31. The molecule has 0 bridgehead atoms. The Hall–Kier alpha value is -1.82. The lowest BCUT2D eigenvalue weighted by Gasteiger charge is -2.35. The topological polar surface area (TPSA) is 96.5 Å².